The Labute approximate surface area is 753 Å². The summed E-state index contributed by atoms with van der Waals surface area (Å²) in [5.74, 6) is 11.2. The van der Waals surface area contributed by atoms with E-state index in [4.69, 9.17) is 74.7 Å². The van der Waals surface area contributed by atoms with E-state index in [2.05, 4.69) is 90.3 Å². The maximum atomic E-state index is 10.2. The van der Waals surface area contributed by atoms with Crippen LogP contribution in [0.5, 0.6) is 0 Å². The van der Waals surface area contributed by atoms with E-state index in [1.165, 1.54) is 19.3 Å². The van der Waals surface area contributed by atoms with E-state index in [1.807, 2.05) is 162 Å². The third-order valence-electron chi connectivity index (χ3n) is 21.5. The van der Waals surface area contributed by atoms with Crippen molar-refractivity contribution in [2.75, 3.05) is 62.2 Å². The van der Waals surface area contributed by atoms with Crippen LogP contribution in [0, 0.1) is 40.5 Å². The van der Waals surface area contributed by atoms with Gasteiger partial charge in [0.2, 0.25) is 58.9 Å². The van der Waals surface area contributed by atoms with Crippen LogP contribution in [-0.4, -0.2) is 168 Å². The van der Waals surface area contributed by atoms with E-state index in [1.54, 1.807) is 80.5 Å². The van der Waals surface area contributed by atoms with Crippen LogP contribution in [-0.2, 0) is 76.5 Å². The van der Waals surface area contributed by atoms with Crippen molar-refractivity contribution in [3.63, 3.8) is 0 Å². The molecule has 20 heterocycles. The number of furan rings is 5. The van der Waals surface area contributed by atoms with E-state index < -0.39 is 5.60 Å². The zero-order valence-corrected chi connectivity index (χ0v) is 73.7. The van der Waals surface area contributed by atoms with Gasteiger partial charge in [0.1, 0.15) is 34.4 Å². The Hall–Kier alpha value is -15.5. The van der Waals surface area contributed by atoms with Gasteiger partial charge in [0.25, 0.3) is 0 Å². The number of nitrogens with two attached hydrogens (primary N) is 5. The molecule has 0 spiro atoms. The highest BCUT2D eigenvalue weighted by atomic mass is 16.5. The lowest BCUT2D eigenvalue weighted by molar-refractivity contribution is 0.0301. The molecule has 21 rings (SSSR count). The van der Waals surface area contributed by atoms with Gasteiger partial charge in [0, 0.05) is 90.0 Å². The highest BCUT2D eigenvalue weighted by molar-refractivity contribution is 5.64. The lowest BCUT2D eigenvalue weighted by atomic mass is 9.81. The van der Waals surface area contributed by atoms with Crippen LogP contribution in [0.3, 0.4) is 0 Å². The Balaban J connectivity index is 0.000000116. The first-order valence-electron chi connectivity index (χ1n) is 42.7. The molecule has 0 unspecified atom stereocenters. The number of nitrogens with zero attached hydrogens (tertiary/aromatic N) is 24. The number of nitrogen functional groups attached to an aromatic ring is 5. The molecule has 1 aliphatic carbocycles. The number of anilines is 5. The van der Waals surface area contributed by atoms with Gasteiger partial charge in [-0.1, -0.05) is 43.5 Å². The van der Waals surface area contributed by atoms with Gasteiger partial charge in [-0.15, -0.1) is 0 Å². The Bertz CT molecular complexity index is 7240. The van der Waals surface area contributed by atoms with Crippen LogP contribution in [0.1, 0.15) is 142 Å². The summed E-state index contributed by atoms with van der Waals surface area (Å²) in [5.41, 5.74) is 42.9. The second kappa shape index (κ2) is 39.2. The predicted octanol–water partition coefficient (Wildman–Crippen LogP) is 11.8. The van der Waals surface area contributed by atoms with Crippen molar-refractivity contribution in [3.8, 4) is 57.9 Å². The third-order valence-corrected chi connectivity index (χ3v) is 21.5. The summed E-state index contributed by atoms with van der Waals surface area (Å²) in [6, 6.07) is 41.5. The first-order chi connectivity index (χ1) is 63.9. The van der Waals surface area contributed by atoms with Crippen LogP contribution in [0.15, 0.2) is 187 Å². The summed E-state index contributed by atoms with van der Waals surface area (Å²) < 4.78 is 58.4. The fraction of sp³-hybridized carbons (Fsp3) is 0.293. The maximum Gasteiger partial charge on any atom is 0.224 e. The molecule has 676 valence electrons. The molecule has 19 aromatic heterocycles. The molecule has 12 N–H and O–H groups in total. The highest BCUT2D eigenvalue weighted by Gasteiger charge is 2.27. The summed E-state index contributed by atoms with van der Waals surface area (Å²) in [6.45, 7) is 16.1. The topological polar surface area (TPSA) is 540 Å². The standard InChI is InChI=1S/C21H22N6O3.C20H22N6O3.C19H20N6O2.C17H16N6O2.C15H17N5O/c1-13-5-6-18(30-13)20-26-21(22)25-19-14(10-23-27(19)20)9-15-3-2-4-16(24-15)11-29-17-7-8-28-12-17;1-13-6-7-17(29-13)19-25-20(21)24-18-14(11-22-26(18)19)10-15-4-3-5-16(23-15)12-28-9-8-27-2;1-11-7-8-14(27-11)17-24-18(20)23-16-12(10-21-25(16)17)9-13-5-4-6-15(22-13)19(2,3)26;1-10-5-6-14(25-10)16-22-17(18)21-15-11(8-19-23(15)16)7-12-3-2-4-13(9-24)20-12;1-9-5-6-12(21-9)14-19-15(16)18-13-11(8-17-20(13)14)7-10-3-2-4-10/h2-6,10,17H,7-9,11-12H2,1H3,(H2,22,25);3-7,11H,8-10,12H2,1-2H3,(H2,21,24);4-8,10,26H,9H2,1-3H3,(H2,20,23);2-6,8,24H,7,9H2,1H3,(H2,18,21);5-6,8,10H,2-4,7H2,1H3,(H2,16,18)/t17-;;;;/m0..../s1. The van der Waals surface area contributed by atoms with Crippen molar-refractivity contribution in [3.05, 3.63) is 267 Å². The highest BCUT2D eigenvalue weighted by Crippen LogP contribution is 2.34. The van der Waals surface area contributed by atoms with Crippen LogP contribution < -0.4 is 28.7 Å². The number of ether oxygens (including phenoxy) is 4. The lowest BCUT2D eigenvalue weighted by Gasteiger charge is -2.24. The Morgan fingerprint density at radius 1 is 0.379 bits per heavy atom. The normalized spacial score (nSPS) is 13.3. The van der Waals surface area contributed by atoms with Gasteiger partial charge >= 0.3 is 0 Å². The van der Waals surface area contributed by atoms with Crippen molar-refractivity contribution in [2.24, 2.45) is 5.92 Å². The van der Waals surface area contributed by atoms with Crippen molar-refractivity contribution in [1.29, 1.82) is 0 Å². The molecule has 0 radical (unpaired) electrons. The summed E-state index contributed by atoms with van der Waals surface area (Å²) >= 11 is 0. The third kappa shape index (κ3) is 20.8. The smallest absolute Gasteiger partial charge is 0.224 e. The molecule has 1 aliphatic heterocycles. The second-order valence-electron chi connectivity index (χ2n) is 32.2. The minimum absolute atomic E-state index is 0.0975. The van der Waals surface area contributed by atoms with Crippen molar-refractivity contribution < 1.29 is 51.2 Å². The van der Waals surface area contributed by atoms with Gasteiger partial charge in [0.15, 0.2) is 57.0 Å². The number of aromatic nitrogens is 24. The molecule has 2 aliphatic rings. The average Bonchev–Trinajstić information content (AvgIpc) is 1.64. The molecule has 0 amide bonds. The number of hydrogen-bond acceptors (Lipinski definition) is 35. The molecule has 40 heteroatoms. The van der Waals surface area contributed by atoms with Crippen molar-refractivity contribution >= 4 is 58.0 Å². The van der Waals surface area contributed by atoms with E-state index in [9.17, 15) is 10.2 Å². The van der Waals surface area contributed by atoms with Crippen LogP contribution in [0.2, 0.25) is 0 Å². The van der Waals surface area contributed by atoms with E-state index in [0.717, 1.165) is 122 Å². The van der Waals surface area contributed by atoms with E-state index in [0.29, 0.717) is 151 Å². The van der Waals surface area contributed by atoms with Gasteiger partial charge < -0.3 is 79.9 Å². The van der Waals surface area contributed by atoms with E-state index >= 15 is 0 Å². The number of fused-ring (bicyclic) bond motifs is 5. The molecule has 0 aromatic carbocycles. The van der Waals surface area contributed by atoms with Gasteiger partial charge in [-0.05, 0) is 176 Å². The largest absolute Gasteiger partial charge is 0.458 e. The fourth-order valence-electron chi connectivity index (χ4n) is 14.9. The number of pyridine rings is 4. The van der Waals surface area contributed by atoms with Gasteiger partial charge in [0.05, 0.1) is 99.5 Å². The Morgan fingerprint density at radius 2 is 0.705 bits per heavy atom. The summed E-state index contributed by atoms with van der Waals surface area (Å²) in [6.07, 6.45) is 17.0. The fourth-order valence-corrected chi connectivity index (χ4v) is 14.9. The molecule has 19 aromatic rings. The van der Waals surface area contributed by atoms with Gasteiger partial charge in [-0.25, -0.2) is 0 Å². The molecule has 132 heavy (non-hydrogen) atoms. The SMILES string of the molecule is COCCOCc1cccc(Cc2cnn3c(-c4ccc(C)o4)nc(N)nc23)n1.Cc1ccc(-c2nc(N)nc3c(CC4CCC4)cnn23)o1.Cc1ccc(-c2nc(N)nc3c(Cc4cccc(C(C)(C)O)n4)cnn23)o1.Cc1ccc(-c2nc(N)nc3c(Cc4cccc(CO)n4)cnn23)o1.Cc1ccc(-c2nc(N)nc3c(Cc4cccc(CO[C@H]5CCOC5)n4)cnn23)o1. The zero-order valence-electron chi connectivity index (χ0n) is 73.7. The maximum absolute atomic E-state index is 10.2. The van der Waals surface area contributed by atoms with Crippen molar-refractivity contribution in [1.82, 2.24) is 118 Å². The molecule has 1 saturated heterocycles. The molecule has 2 fully saturated rings. The summed E-state index contributed by atoms with van der Waals surface area (Å²) in [7, 11) is 1.65. The number of methoxy groups -OCH3 is 1. The minimum atomic E-state index is -1.01. The van der Waals surface area contributed by atoms with Gasteiger partial charge in [-0.2, -0.15) is 97.9 Å². The summed E-state index contributed by atoms with van der Waals surface area (Å²) in [4.78, 5) is 61.6. The van der Waals surface area contributed by atoms with Crippen LogP contribution in [0.25, 0.3) is 86.2 Å². The number of aliphatic hydroxyl groups excluding tert-OH is 1. The number of aryl methyl sites for hydroxylation is 5. The van der Waals surface area contributed by atoms with Crippen LogP contribution >= 0.6 is 0 Å². The molecule has 1 atom stereocenters. The Morgan fingerprint density at radius 3 is 1.02 bits per heavy atom. The molecule has 0 bridgehead atoms. The summed E-state index contributed by atoms with van der Waals surface area (Å²) in [5, 5.41) is 41.6. The van der Waals surface area contributed by atoms with Crippen molar-refractivity contribution in [2.45, 2.75) is 138 Å². The predicted molar refractivity (Wildman–Crippen MR) is 484 cm³/mol. The molecule has 40 nitrogen and oxygen atoms in total. The number of hydrogen-bond donors (Lipinski definition) is 7. The number of rotatable bonds is 25. The first-order valence-corrected chi connectivity index (χ1v) is 42.7. The van der Waals surface area contributed by atoms with Crippen LogP contribution in [0.4, 0.5) is 29.7 Å². The first kappa shape index (κ1) is 88.5. The lowest BCUT2D eigenvalue weighted by Crippen LogP contribution is -2.18. The average molecular weight is 1780 g/mol. The zero-order chi connectivity index (χ0) is 91.7. The second-order valence-corrected chi connectivity index (χ2v) is 32.2. The number of aliphatic hydroxyl groups is 2. The quantitative estimate of drug-likeness (QED) is 0.0261. The molecular formula is C92H97N29O11. The Kier molecular flexibility index (Phi) is 26.3. The monoisotopic (exact) mass is 1780 g/mol. The minimum Gasteiger partial charge on any atom is -0.458 e. The molecule has 1 saturated carbocycles. The molecular weight excluding hydrogens is 1690 g/mol. The van der Waals surface area contributed by atoms with Gasteiger partial charge in [-0.3, -0.25) is 19.9 Å². The van der Waals surface area contributed by atoms with E-state index in [-0.39, 0.29) is 42.5 Å².